The second-order valence-corrected chi connectivity index (χ2v) is 7.04. The number of esters is 1. The minimum atomic E-state index is -0.605. The lowest BCUT2D eigenvalue weighted by molar-refractivity contribution is -0.121. The van der Waals surface area contributed by atoms with Crippen molar-refractivity contribution in [3.8, 4) is 0 Å². The highest BCUT2D eigenvalue weighted by atomic mass is 32.2. The molecule has 0 saturated heterocycles. The summed E-state index contributed by atoms with van der Waals surface area (Å²) in [6, 6.07) is 1.72. The molecular formula is C14H17N3O4S2. The highest BCUT2D eigenvalue weighted by molar-refractivity contribution is 8.15. The van der Waals surface area contributed by atoms with Gasteiger partial charge in [-0.25, -0.2) is 4.79 Å². The van der Waals surface area contributed by atoms with Crippen molar-refractivity contribution in [2.75, 3.05) is 11.9 Å². The van der Waals surface area contributed by atoms with Gasteiger partial charge in [-0.15, -0.1) is 11.3 Å². The van der Waals surface area contributed by atoms with Gasteiger partial charge in [-0.05, 0) is 19.4 Å². The molecule has 124 valence electrons. The largest absolute Gasteiger partial charge is 0.462 e. The molecule has 0 bridgehead atoms. The lowest BCUT2D eigenvalue weighted by Crippen LogP contribution is -2.22. The average Bonchev–Trinajstić information content (AvgIpc) is 3.02. The predicted molar refractivity (Wildman–Crippen MR) is 90.9 cm³/mol. The first-order chi connectivity index (χ1) is 10.9. The number of aliphatic imine (C=N–C) groups is 1. The van der Waals surface area contributed by atoms with E-state index in [1.54, 1.807) is 13.0 Å². The average molecular weight is 355 g/mol. The number of aryl methyl sites for hydroxylation is 1. The molecule has 2 amide bonds. The van der Waals surface area contributed by atoms with Crippen molar-refractivity contribution in [2.24, 2.45) is 10.7 Å². The Morgan fingerprint density at radius 1 is 1.43 bits per heavy atom. The van der Waals surface area contributed by atoms with Crippen molar-refractivity contribution >= 4 is 51.1 Å². The van der Waals surface area contributed by atoms with Crippen molar-refractivity contribution in [3.63, 3.8) is 0 Å². The van der Waals surface area contributed by atoms with E-state index in [0.29, 0.717) is 10.6 Å². The molecular weight excluding hydrogens is 338 g/mol. The minimum Gasteiger partial charge on any atom is -0.462 e. The third kappa shape index (κ3) is 4.32. The third-order valence-corrected chi connectivity index (χ3v) is 5.19. The standard InChI is InChI=1S/C14H17N3O4S2/c1-3-7-5-8(13(20)21-4-2)12(22-7)16-10(18)6-9-11(19)17-14(15)23-9/h5,9H,3-4,6H2,1-2H3,(H,16,18)(H2,15,17,19)/t9-/m1/s1. The van der Waals surface area contributed by atoms with Gasteiger partial charge < -0.3 is 15.8 Å². The number of amides is 2. The fourth-order valence-electron chi connectivity index (χ4n) is 1.95. The van der Waals surface area contributed by atoms with E-state index in [1.165, 1.54) is 11.3 Å². The number of nitrogens with zero attached hydrogens (tertiary/aromatic N) is 1. The van der Waals surface area contributed by atoms with Gasteiger partial charge in [0.15, 0.2) is 5.17 Å². The van der Waals surface area contributed by atoms with E-state index in [0.717, 1.165) is 23.1 Å². The summed E-state index contributed by atoms with van der Waals surface area (Å²) in [5.41, 5.74) is 5.80. The molecule has 2 rings (SSSR count). The zero-order valence-electron chi connectivity index (χ0n) is 12.8. The summed E-state index contributed by atoms with van der Waals surface area (Å²) < 4.78 is 5.00. The number of hydrogen-bond donors (Lipinski definition) is 2. The molecule has 0 aliphatic carbocycles. The summed E-state index contributed by atoms with van der Waals surface area (Å²) in [5, 5.41) is 2.69. The second-order valence-electron chi connectivity index (χ2n) is 4.68. The van der Waals surface area contributed by atoms with Crippen LogP contribution in [0.5, 0.6) is 0 Å². The fraction of sp³-hybridized carbons (Fsp3) is 0.429. The third-order valence-electron chi connectivity index (χ3n) is 3.01. The Morgan fingerprint density at radius 2 is 2.17 bits per heavy atom. The molecule has 0 aromatic carbocycles. The molecule has 0 saturated carbocycles. The number of hydrogen-bond acceptors (Lipinski definition) is 7. The van der Waals surface area contributed by atoms with E-state index in [-0.39, 0.29) is 24.1 Å². The van der Waals surface area contributed by atoms with Gasteiger partial charge >= 0.3 is 5.97 Å². The number of nitrogens with one attached hydrogen (secondary N) is 1. The van der Waals surface area contributed by atoms with Crippen LogP contribution in [-0.4, -0.2) is 34.8 Å². The molecule has 1 aromatic heterocycles. The summed E-state index contributed by atoms with van der Waals surface area (Å²) in [4.78, 5) is 40.2. The van der Waals surface area contributed by atoms with Crippen molar-refractivity contribution in [1.29, 1.82) is 0 Å². The first kappa shape index (κ1) is 17.5. The molecule has 0 unspecified atom stereocenters. The van der Waals surface area contributed by atoms with Gasteiger partial charge in [-0.2, -0.15) is 4.99 Å². The lowest BCUT2D eigenvalue weighted by Gasteiger charge is -2.08. The number of thiophene rings is 1. The lowest BCUT2D eigenvalue weighted by atomic mass is 10.2. The van der Waals surface area contributed by atoms with Crippen LogP contribution < -0.4 is 11.1 Å². The van der Waals surface area contributed by atoms with Gasteiger partial charge in [0, 0.05) is 11.3 Å². The summed E-state index contributed by atoms with van der Waals surface area (Å²) >= 11 is 2.39. The zero-order valence-corrected chi connectivity index (χ0v) is 14.4. The molecule has 3 N–H and O–H groups in total. The van der Waals surface area contributed by atoms with Crippen molar-refractivity contribution in [2.45, 2.75) is 31.9 Å². The summed E-state index contributed by atoms with van der Waals surface area (Å²) in [5.74, 6) is -1.25. The minimum absolute atomic E-state index is 0.0463. The van der Waals surface area contributed by atoms with Crippen LogP contribution in [0, 0.1) is 0 Å². The van der Waals surface area contributed by atoms with Gasteiger partial charge in [0.1, 0.15) is 10.3 Å². The van der Waals surface area contributed by atoms with Gasteiger partial charge in [-0.1, -0.05) is 18.7 Å². The maximum absolute atomic E-state index is 12.1. The molecule has 7 nitrogen and oxygen atoms in total. The maximum Gasteiger partial charge on any atom is 0.341 e. The SMILES string of the molecule is CCOC(=O)c1cc(CC)sc1NC(=O)C[C@H]1SC(N)=NC1=O. The number of thioether (sulfide) groups is 1. The van der Waals surface area contributed by atoms with E-state index in [2.05, 4.69) is 10.3 Å². The number of carbonyl (C=O) groups is 3. The number of nitrogens with two attached hydrogens (primary N) is 1. The van der Waals surface area contributed by atoms with E-state index in [4.69, 9.17) is 10.5 Å². The van der Waals surface area contributed by atoms with Gasteiger partial charge in [0.2, 0.25) is 5.91 Å². The van der Waals surface area contributed by atoms with Crippen molar-refractivity contribution in [1.82, 2.24) is 0 Å². The van der Waals surface area contributed by atoms with Crippen molar-refractivity contribution < 1.29 is 19.1 Å². The molecule has 0 fully saturated rings. The van der Waals surface area contributed by atoms with Crippen LogP contribution in [0.2, 0.25) is 0 Å². The predicted octanol–water partition coefficient (Wildman–Crippen LogP) is 1.77. The van der Waals surface area contributed by atoms with E-state index in [9.17, 15) is 14.4 Å². The van der Waals surface area contributed by atoms with E-state index in [1.807, 2.05) is 6.92 Å². The highest BCUT2D eigenvalue weighted by Crippen LogP contribution is 2.30. The Morgan fingerprint density at radius 3 is 2.74 bits per heavy atom. The maximum atomic E-state index is 12.1. The number of carbonyl (C=O) groups excluding carboxylic acids is 3. The van der Waals surface area contributed by atoms with Crippen molar-refractivity contribution in [3.05, 3.63) is 16.5 Å². The molecule has 23 heavy (non-hydrogen) atoms. The Bertz CT molecular complexity index is 669. The summed E-state index contributed by atoms with van der Waals surface area (Å²) in [7, 11) is 0. The fourth-order valence-corrected chi connectivity index (χ4v) is 3.77. The van der Waals surface area contributed by atoms with Gasteiger partial charge in [0.05, 0.1) is 12.2 Å². The molecule has 9 heteroatoms. The quantitative estimate of drug-likeness (QED) is 0.752. The monoisotopic (exact) mass is 355 g/mol. The Labute approximate surface area is 141 Å². The van der Waals surface area contributed by atoms with Crippen LogP contribution in [0.4, 0.5) is 5.00 Å². The molecule has 1 aliphatic heterocycles. The topological polar surface area (TPSA) is 111 Å². The molecule has 0 radical (unpaired) electrons. The van der Waals surface area contributed by atoms with Crippen LogP contribution in [0.15, 0.2) is 11.1 Å². The summed E-state index contributed by atoms with van der Waals surface area (Å²) in [6.45, 7) is 3.93. The first-order valence-corrected chi connectivity index (χ1v) is 8.78. The smallest absolute Gasteiger partial charge is 0.341 e. The van der Waals surface area contributed by atoms with Crippen LogP contribution in [0.1, 0.15) is 35.5 Å². The Hall–Kier alpha value is -1.87. The van der Waals surface area contributed by atoms with E-state index < -0.39 is 17.1 Å². The van der Waals surface area contributed by atoms with Crippen LogP contribution in [0.3, 0.4) is 0 Å². The van der Waals surface area contributed by atoms with E-state index >= 15 is 0 Å². The Kier molecular flexibility index (Phi) is 5.78. The van der Waals surface area contributed by atoms with Gasteiger partial charge in [-0.3, -0.25) is 9.59 Å². The second kappa shape index (κ2) is 7.60. The summed E-state index contributed by atoms with van der Waals surface area (Å²) in [6.07, 6.45) is 0.698. The molecule has 0 spiro atoms. The van der Waals surface area contributed by atoms with Crippen LogP contribution in [-0.2, 0) is 20.7 Å². The molecule has 1 aliphatic rings. The van der Waals surface area contributed by atoms with Gasteiger partial charge in [0.25, 0.3) is 5.91 Å². The van der Waals surface area contributed by atoms with Crippen LogP contribution >= 0.6 is 23.1 Å². The number of ether oxygens (including phenoxy) is 1. The molecule has 2 heterocycles. The van der Waals surface area contributed by atoms with Crippen LogP contribution in [0.25, 0.3) is 0 Å². The number of anilines is 1. The highest BCUT2D eigenvalue weighted by Gasteiger charge is 2.30. The molecule has 1 aromatic rings. The number of rotatable bonds is 6. The number of amidine groups is 1. The Balaban J connectivity index is 2.07. The normalized spacial score (nSPS) is 17.0. The first-order valence-electron chi connectivity index (χ1n) is 7.08. The molecule has 1 atom stereocenters. The zero-order chi connectivity index (χ0) is 17.0.